The highest BCUT2D eigenvalue weighted by Gasteiger charge is 2.54. The zero-order valence-corrected chi connectivity index (χ0v) is 13.9. The zero-order chi connectivity index (χ0) is 13.7. The third-order valence-electron chi connectivity index (χ3n) is 5.51. The third-order valence-corrected chi connectivity index (χ3v) is 5.51. The van der Waals surface area contributed by atoms with Crippen LogP contribution in [-0.2, 0) is 6.54 Å². The molecule has 0 saturated carbocycles. The maximum atomic E-state index is 11.3. The van der Waals surface area contributed by atoms with Crippen LogP contribution in [0, 0.1) is 11.8 Å². The number of nitrogens with one attached hydrogen (secondary N) is 1. The van der Waals surface area contributed by atoms with E-state index in [1.54, 1.807) is 6.07 Å². The van der Waals surface area contributed by atoms with Gasteiger partial charge in [0.25, 0.3) is 0 Å². The van der Waals surface area contributed by atoms with E-state index in [4.69, 9.17) is 0 Å². The lowest BCUT2D eigenvalue weighted by atomic mass is 9.82. The Hall–Kier alpha value is -0.810. The molecule has 4 nitrogen and oxygen atoms in total. The van der Waals surface area contributed by atoms with Gasteiger partial charge in [0.05, 0.1) is 5.56 Å². The van der Waals surface area contributed by atoms with Gasteiger partial charge in [-0.25, -0.2) is 4.79 Å². The molecule has 0 aliphatic carbocycles. The van der Waals surface area contributed by atoms with Crippen LogP contribution in [0.5, 0.6) is 0 Å². The molecule has 3 aliphatic heterocycles. The summed E-state index contributed by atoms with van der Waals surface area (Å²) in [5.74, 6) is 0.755. The van der Waals surface area contributed by atoms with Crippen molar-refractivity contribution in [3.8, 4) is 0 Å². The summed E-state index contributed by atoms with van der Waals surface area (Å²) in [5.41, 5.74) is 1.42. The number of hydrogen-bond acceptors (Lipinski definition) is 3. The van der Waals surface area contributed by atoms with Crippen molar-refractivity contribution in [2.75, 3.05) is 13.1 Å². The van der Waals surface area contributed by atoms with Crippen LogP contribution in [0.3, 0.4) is 0 Å². The third kappa shape index (κ3) is 2.62. The average molecular weight is 345 g/mol. The largest absolute Gasteiger partial charge is 0.478 e. The molecule has 0 spiro atoms. The van der Waals surface area contributed by atoms with E-state index in [1.807, 2.05) is 18.2 Å². The number of halogens is 2. The van der Waals surface area contributed by atoms with Gasteiger partial charge >= 0.3 is 5.97 Å². The maximum Gasteiger partial charge on any atom is 0.336 e. The monoisotopic (exact) mass is 344 g/mol. The van der Waals surface area contributed by atoms with Gasteiger partial charge in [-0.1, -0.05) is 18.2 Å². The molecule has 4 atom stereocenters. The summed E-state index contributed by atoms with van der Waals surface area (Å²) >= 11 is 0. The lowest BCUT2D eigenvalue weighted by molar-refractivity contribution is 0.0694. The molecule has 2 N–H and O–H groups in total. The van der Waals surface area contributed by atoms with Crippen LogP contribution in [0.4, 0.5) is 0 Å². The fraction of sp³-hybridized carbons (Fsp3) is 0.562. The van der Waals surface area contributed by atoms with Crippen LogP contribution >= 0.6 is 24.8 Å². The summed E-state index contributed by atoms with van der Waals surface area (Å²) in [7, 11) is 0. The van der Waals surface area contributed by atoms with Gasteiger partial charge in [-0.05, 0) is 49.4 Å². The predicted molar refractivity (Wildman–Crippen MR) is 90.1 cm³/mol. The van der Waals surface area contributed by atoms with Crippen molar-refractivity contribution in [2.45, 2.75) is 31.5 Å². The van der Waals surface area contributed by atoms with E-state index in [0.29, 0.717) is 17.6 Å². The number of carboxylic acids is 1. The maximum absolute atomic E-state index is 11.3. The minimum absolute atomic E-state index is 0. The van der Waals surface area contributed by atoms with Gasteiger partial charge in [0, 0.05) is 18.6 Å². The number of aromatic carboxylic acids is 1. The number of carboxylic acid groups (broad SMARTS) is 1. The first kappa shape index (κ1) is 17.5. The van der Waals surface area contributed by atoms with E-state index < -0.39 is 5.97 Å². The second-order valence-electron chi connectivity index (χ2n) is 6.33. The number of hydrogen-bond donors (Lipinski definition) is 2. The standard InChI is InChI=1S/C16H20N2O2.2ClH/c19-16(20)11-4-2-1-3-10(11)9-18-14-5-6-15(18)13-8-17-7-12(13)14;;/h1-4,12-15,17H,5-9H2,(H,19,20);2*1H/t12-,13+,14-,15+;;. The summed E-state index contributed by atoms with van der Waals surface area (Å²) < 4.78 is 0. The van der Waals surface area contributed by atoms with Crippen molar-refractivity contribution in [3.05, 3.63) is 35.4 Å². The van der Waals surface area contributed by atoms with Crippen LogP contribution < -0.4 is 5.32 Å². The molecular weight excluding hydrogens is 323 g/mol. The molecular formula is C16H22Cl2N2O2. The molecule has 0 radical (unpaired) electrons. The fourth-order valence-electron chi connectivity index (χ4n) is 4.70. The minimum atomic E-state index is -0.811. The fourth-order valence-corrected chi connectivity index (χ4v) is 4.70. The highest BCUT2D eigenvalue weighted by molar-refractivity contribution is 5.89. The predicted octanol–water partition coefficient (Wildman–Crippen LogP) is 2.41. The van der Waals surface area contributed by atoms with E-state index in [-0.39, 0.29) is 24.8 Å². The summed E-state index contributed by atoms with van der Waals surface area (Å²) in [6.07, 6.45) is 2.56. The second kappa shape index (κ2) is 6.75. The number of fused-ring (bicyclic) bond motifs is 5. The Labute approximate surface area is 143 Å². The normalized spacial score (nSPS) is 32.2. The van der Waals surface area contributed by atoms with Crippen LogP contribution in [0.25, 0.3) is 0 Å². The smallest absolute Gasteiger partial charge is 0.336 e. The Morgan fingerprint density at radius 1 is 1.14 bits per heavy atom. The van der Waals surface area contributed by atoms with Crippen LogP contribution in [0.1, 0.15) is 28.8 Å². The topological polar surface area (TPSA) is 52.6 Å². The lowest BCUT2D eigenvalue weighted by Gasteiger charge is -2.25. The molecule has 22 heavy (non-hydrogen) atoms. The van der Waals surface area contributed by atoms with Crippen LogP contribution in [0.15, 0.2) is 24.3 Å². The number of rotatable bonds is 3. The minimum Gasteiger partial charge on any atom is -0.478 e. The Bertz CT molecular complexity index is 537. The molecule has 3 fully saturated rings. The van der Waals surface area contributed by atoms with Crippen LogP contribution in [0.2, 0.25) is 0 Å². The van der Waals surface area contributed by atoms with Crippen molar-refractivity contribution in [2.24, 2.45) is 11.8 Å². The van der Waals surface area contributed by atoms with E-state index in [0.717, 1.165) is 37.0 Å². The van der Waals surface area contributed by atoms with Gasteiger partial charge < -0.3 is 10.4 Å². The summed E-state index contributed by atoms with van der Waals surface area (Å²) in [6, 6.07) is 8.75. The Balaban J connectivity index is 0.000000882. The summed E-state index contributed by atoms with van der Waals surface area (Å²) in [4.78, 5) is 13.9. The molecule has 122 valence electrons. The van der Waals surface area contributed by atoms with Crippen molar-refractivity contribution in [1.82, 2.24) is 10.2 Å². The van der Waals surface area contributed by atoms with Crippen molar-refractivity contribution in [1.29, 1.82) is 0 Å². The average Bonchev–Trinajstić information content (AvgIpc) is 3.11. The van der Waals surface area contributed by atoms with Gasteiger partial charge in [0.15, 0.2) is 0 Å². The van der Waals surface area contributed by atoms with Gasteiger partial charge in [-0.15, -0.1) is 24.8 Å². The van der Waals surface area contributed by atoms with Gasteiger partial charge in [0.1, 0.15) is 0 Å². The first-order valence-corrected chi connectivity index (χ1v) is 7.53. The highest BCUT2D eigenvalue weighted by atomic mass is 35.5. The van der Waals surface area contributed by atoms with Gasteiger partial charge in [-0.2, -0.15) is 0 Å². The molecule has 3 saturated heterocycles. The number of benzene rings is 1. The van der Waals surface area contributed by atoms with Crippen molar-refractivity contribution in [3.63, 3.8) is 0 Å². The molecule has 1 aromatic rings. The molecule has 2 bridgehead atoms. The van der Waals surface area contributed by atoms with Crippen LogP contribution in [-0.4, -0.2) is 41.1 Å². The molecule has 1 aromatic carbocycles. The molecule has 6 heteroatoms. The summed E-state index contributed by atoms with van der Waals surface area (Å²) in [6.45, 7) is 3.08. The molecule has 4 rings (SSSR count). The Morgan fingerprint density at radius 2 is 1.73 bits per heavy atom. The van der Waals surface area contributed by atoms with E-state index in [1.165, 1.54) is 12.8 Å². The summed E-state index contributed by atoms with van der Waals surface area (Å²) in [5, 5.41) is 12.8. The van der Waals surface area contributed by atoms with E-state index >= 15 is 0 Å². The molecule has 3 aliphatic rings. The first-order chi connectivity index (χ1) is 9.75. The molecule has 0 amide bonds. The highest BCUT2D eigenvalue weighted by Crippen LogP contribution is 2.47. The SMILES string of the molecule is Cl.Cl.O=C(O)c1ccccc1CN1[C@@H]2CC[C@H]1[C@H]1CNC[C@H]12. The van der Waals surface area contributed by atoms with E-state index in [9.17, 15) is 9.90 Å². The Kier molecular flexibility index (Phi) is 5.38. The van der Waals surface area contributed by atoms with Crippen molar-refractivity contribution < 1.29 is 9.90 Å². The number of nitrogens with zero attached hydrogens (tertiary/aromatic N) is 1. The van der Waals surface area contributed by atoms with Gasteiger partial charge in [0.2, 0.25) is 0 Å². The molecule has 3 heterocycles. The zero-order valence-electron chi connectivity index (χ0n) is 12.3. The quantitative estimate of drug-likeness (QED) is 0.883. The molecule has 0 aromatic heterocycles. The van der Waals surface area contributed by atoms with Gasteiger partial charge in [-0.3, -0.25) is 4.90 Å². The second-order valence-corrected chi connectivity index (χ2v) is 6.33. The number of carbonyl (C=O) groups is 1. The Morgan fingerprint density at radius 3 is 2.32 bits per heavy atom. The first-order valence-electron chi connectivity index (χ1n) is 7.53. The molecule has 0 unspecified atom stereocenters. The lowest BCUT2D eigenvalue weighted by Crippen LogP contribution is -2.34. The van der Waals surface area contributed by atoms with Crippen molar-refractivity contribution >= 4 is 30.8 Å². The van der Waals surface area contributed by atoms with E-state index in [2.05, 4.69) is 10.2 Å².